The number of amides is 2. The second-order valence-corrected chi connectivity index (χ2v) is 3.19. The zero-order valence-corrected chi connectivity index (χ0v) is 10.6. The fourth-order valence-electron chi connectivity index (χ4n) is 0.600. The van der Waals surface area contributed by atoms with E-state index in [1.54, 1.807) is 0 Å². The molecule has 19 heavy (non-hydrogen) atoms. The maximum absolute atomic E-state index is 9.97. The first-order valence-electron chi connectivity index (χ1n) is 4.57. The van der Waals surface area contributed by atoms with Gasteiger partial charge in [0.2, 0.25) is 11.8 Å². The van der Waals surface area contributed by atoms with Crippen LogP contribution in [0, 0.1) is 0 Å². The summed E-state index contributed by atoms with van der Waals surface area (Å²) in [5.41, 5.74) is 19.0. The third kappa shape index (κ3) is 16.3. The number of carboxylic acid groups (broad SMARTS) is 2. The topological polar surface area (TPSA) is 218 Å². The Kier molecular flexibility index (Phi) is 13.5. The first-order valence-corrected chi connectivity index (χ1v) is 4.57. The fraction of sp³-hybridized carbons (Fsp3) is 0.500. The predicted molar refractivity (Wildman–Crippen MR) is 53.6 cm³/mol. The molecule has 113 valence electrons. The Morgan fingerprint density at radius 2 is 1.00 bits per heavy atom. The van der Waals surface area contributed by atoms with E-state index >= 15 is 0 Å². The normalized spacial score (nSPS) is 11.9. The number of rotatable bonds is 6. The molecule has 0 aliphatic carbocycles. The summed E-state index contributed by atoms with van der Waals surface area (Å²) in [7, 11) is 0. The standard InChI is InChI=1S/2C4H8N2O3.Cu/c2*5-2(4(8)9)1-3(6)7;/h2*2H,1,5H2,(H2,6,7)(H,8,9);/q;;+2/p-2/t2*2-;/m00./s1/i;;1+0. The molecular formula is C8H14CuN4O6. The third-order valence-electron chi connectivity index (χ3n) is 1.45. The van der Waals surface area contributed by atoms with Gasteiger partial charge in [0.25, 0.3) is 0 Å². The zero-order chi connectivity index (χ0) is 14.9. The summed E-state index contributed by atoms with van der Waals surface area (Å²) in [6.45, 7) is 0. The van der Waals surface area contributed by atoms with E-state index in [4.69, 9.17) is 11.5 Å². The maximum Gasteiger partial charge on any atom is 2.00 e. The molecule has 0 aromatic rings. The molecule has 10 nitrogen and oxygen atoms in total. The minimum Gasteiger partial charge on any atom is -0.548 e. The van der Waals surface area contributed by atoms with Gasteiger partial charge < -0.3 is 42.7 Å². The molecule has 0 aromatic heterocycles. The molecule has 0 saturated carbocycles. The van der Waals surface area contributed by atoms with Gasteiger partial charge in [-0.25, -0.2) is 0 Å². The van der Waals surface area contributed by atoms with Crippen LogP contribution < -0.4 is 33.1 Å². The van der Waals surface area contributed by atoms with Gasteiger partial charge in [-0.1, -0.05) is 0 Å². The Morgan fingerprint density at radius 3 is 1.05 bits per heavy atom. The second-order valence-electron chi connectivity index (χ2n) is 3.19. The van der Waals surface area contributed by atoms with Crippen LogP contribution in [0.3, 0.4) is 0 Å². The molecule has 0 saturated heterocycles. The van der Waals surface area contributed by atoms with Crippen LogP contribution in [0.15, 0.2) is 0 Å². The summed E-state index contributed by atoms with van der Waals surface area (Å²) >= 11 is 0. The van der Waals surface area contributed by atoms with Crippen molar-refractivity contribution in [2.45, 2.75) is 24.9 Å². The quantitative estimate of drug-likeness (QED) is 0.343. The molecule has 0 fully saturated rings. The summed E-state index contributed by atoms with van der Waals surface area (Å²) in [6.07, 6.45) is -0.745. The predicted octanol–water partition coefficient (Wildman–Crippen LogP) is -6.12. The average Bonchev–Trinajstić information content (AvgIpc) is 2.16. The molecule has 0 aliphatic heterocycles. The Balaban J connectivity index is -0.000000256. The molecule has 0 spiro atoms. The number of nitrogens with two attached hydrogens (primary N) is 4. The molecule has 0 rings (SSSR count). The van der Waals surface area contributed by atoms with Crippen LogP contribution in [-0.2, 0) is 36.2 Å². The molecule has 2 atom stereocenters. The van der Waals surface area contributed by atoms with Crippen LogP contribution in [-0.4, -0.2) is 35.8 Å². The summed E-state index contributed by atoms with van der Waals surface area (Å²) in [5, 5.41) is 19.6. The number of carboxylic acids is 2. The Hall–Kier alpha value is -1.68. The SMILES string of the molecule is NC(=O)C[C@H](N)C(=O)[O-].NC(=O)C[C@H](N)C(=O)[O-].[64Cu+2]. The molecule has 0 bridgehead atoms. The summed E-state index contributed by atoms with van der Waals surface area (Å²) in [4.78, 5) is 39.5. The molecule has 1 radical (unpaired) electrons. The van der Waals surface area contributed by atoms with Gasteiger partial charge >= 0.3 is 17.1 Å². The number of hydrogen-bond donors (Lipinski definition) is 4. The monoisotopic (exact) mass is 326 g/mol. The minimum atomic E-state index is -1.46. The smallest absolute Gasteiger partial charge is 0.548 e. The van der Waals surface area contributed by atoms with Crippen molar-refractivity contribution in [2.75, 3.05) is 0 Å². The van der Waals surface area contributed by atoms with Crippen molar-refractivity contribution in [3.8, 4) is 0 Å². The second kappa shape index (κ2) is 11.4. The van der Waals surface area contributed by atoms with Gasteiger partial charge in [0.1, 0.15) is 0 Å². The van der Waals surface area contributed by atoms with E-state index in [1.807, 2.05) is 0 Å². The molecule has 11 heteroatoms. The van der Waals surface area contributed by atoms with Gasteiger partial charge in [0.05, 0.1) is 24.0 Å². The van der Waals surface area contributed by atoms with E-state index in [0.717, 1.165) is 0 Å². The van der Waals surface area contributed by atoms with Crippen LogP contribution in [0.1, 0.15) is 12.8 Å². The first-order chi connectivity index (χ1) is 8.07. The van der Waals surface area contributed by atoms with Gasteiger partial charge in [0, 0.05) is 12.8 Å². The number of aliphatic carboxylic acids is 2. The molecule has 0 unspecified atom stereocenters. The summed E-state index contributed by atoms with van der Waals surface area (Å²) in [6, 6.07) is -2.55. The van der Waals surface area contributed by atoms with E-state index in [-0.39, 0.29) is 29.9 Å². The van der Waals surface area contributed by atoms with E-state index in [9.17, 15) is 29.4 Å². The Bertz CT molecular complexity index is 305. The van der Waals surface area contributed by atoms with Crippen LogP contribution in [0.5, 0.6) is 0 Å². The van der Waals surface area contributed by atoms with Crippen LogP contribution >= 0.6 is 0 Å². The van der Waals surface area contributed by atoms with Gasteiger partial charge in [-0.3, -0.25) is 9.59 Å². The van der Waals surface area contributed by atoms with E-state index < -0.39 is 35.8 Å². The number of carbonyl (C=O) groups excluding carboxylic acids is 4. The van der Waals surface area contributed by atoms with Crippen molar-refractivity contribution in [3.63, 3.8) is 0 Å². The van der Waals surface area contributed by atoms with Crippen LogP contribution in [0.4, 0.5) is 0 Å². The molecular weight excluding hydrogens is 312 g/mol. The third-order valence-corrected chi connectivity index (χ3v) is 1.45. The van der Waals surface area contributed by atoms with Gasteiger partial charge in [-0.15, -0.1) is 0 Å². The number of hydrogen-bond acceptors (Lipinski definition) is 8. The molecule has 8 N–H and O–H groups in total. The molecule has 0 heterocycles. The Labute approximate surface area is 118 Å². The zero-order valence-electron chi connectivity index (χ0n) is 9.63. The summed E-state index contributed by atoms with van der Waals surface area (Å²) in [5.74, 6) is -4.42. The maximum atomic E-state index is 9.97. The van der Waals surface area contributed by atoms with Crippen molar-refractivity contribution < 1.29 is 46.5 Å². The van der Waals surface area contributed by atoms with E-state index in [0.29, 0.717) is 0 Å². The van der Waals surface area contributed by atoms with Crippen LogP contribution in [0.2, 0.25) is 0 Å². The van der Waals surface area contributed by atoms with Crippen molar-refractivity contribution in [3.05, 3.63) is 0 Å². The van der Waals surface area contributed by atoms with E-state index in [2.05, 4.69) is 11.5 Å². The fourth-order valence-corrected chi connectivity index (χ4v) is 0.600. The van der Waals surface area contributed by atoms with Crippen molar-refractivity contribution in [1.29, 1.82) is 0 Å². The molecule has 2 amide bonds. The number of carbonyl (C=O) groups is 4. The van der Waals surface area contributed by atoms with Gasteiger partial charge in [0.15, 0.2) is 0 Å². The average molecular weight is 326 g/mol. The minimum absolute atomic E-state index is 0. The van der Waals surface area contributed by atoms with Crippen LogP contribution in [0.25, 0.3) is 0 Å². The van der Waals surface area contributed by atoms with Crippen molar-refractivity contribution >= 4 is 23.8 Å². The molecule has 0 aromatic carbocycles. The van der Waals surface area contributed by atoms with E-state index in [1.165, 1.54) is 0 Å². The van der Waals surface area contributed by atoms with Gasteiger partial charge in [-0.2, -0.15) is 0 Å². The van der Waals surface area contributed by atoms with Crippen molar-refractivity contribution in [1.82, 2.24) is 0 Å². The summed E-state index contributed by atoms with van der Waals surface area (Å²) < 4.78 is 0. The largest absolute Gasteiger partial charge is 2.00 e. The Morgan fingerprint density at radius 1 is 0.789 bits per heavy atom. The van der Waals surface area contributed by atoms with Gasteiger partial charge in [-0.05, 0) is 0 Å². The number of primary amides is 2. The first kappa shape index (κ1) is 22.5. The van der Waals surface area contributed by atoms with Crippen molar-refractivity contribution in [2.24, 2.45) is 22.9 Å². The molecule has 0 aliphatic rings.